The molecule has 1 atom stereocenters. The van der Waals surface area contributed by atoms with Gasteiger partial charge in [0.1, 0.15) is 11.6 Å². The Morgan fingerprint density at radius 2 is 2.09 bits per heavy atom. The molecule has 2 aromatic rings. The summed E-state index contributed by atoms with van der Waals surface area (Å²) in [5.41, 5.74) is 0.382. The summed E-state index contributed by atoms with van der Waals surface area (Å²) >= 11 is 0. The number of hydrogen-bond donors (Lipinski definition) is 1. The molecule has 0 spiro atoms. The lowest BCUT2D eigenvalue weighted by Gasteiger charge is -2.22. The zero-order valence-electron chi connectivity index (χ0n) is 12.6. The molecule has 1 aromatic heterocycles. The molecule has 0 aliphatic heterocycles. The highest BCUT2D eigenvalue weighted by molar-refractivity contribution is 5.91. The molecular weight excluding hydrogens is 283 g/mol. The third kappa shape index (κ3) is 4.30. The monoisotopic (exact) mass is 302 g/mol. The van der Waals surface area contributed by atoms with E-state index in [1.165, 1.54) is 18.2 Å². The van der Waals surface area contributed by atoms with Crippen molar-refractivity contribution >= 4 is 12.0 Å². The fraction of sp³-hybridized carbons (Fsp3) is 0.235. The van der Waals surface area contributed by atoms with Crippen LogP contribution in [0.1, 0.15) is 17.4 Å². The van der Waals surface area contributed by atoms with Gasteiger partial charge in [-0.05, 0) is 38.4 Å². The van der Waals surface area contributed by atoms with E-state index in [-0.39, 0.29) is 17.8 Å². The fourth-order valence-corrected chi connectivity index (χ4v) is 2.05. The molecule has 2 rings (SSSR count). The SMILES string of the molecule is CN(C)C(CNC(=O)/C=C/c1ccccc1F)c1ccco1. The average Bonchev–Trinajstić information content (AvgIpc) is 3.00. The maximum atomic E-state index is 13.4. The molecule has 0 radical (unpaired) electrons. The van der Waals surface area contributed by atoms with Crippen molar-refractivity contribution in [2.45, 2.75) is 6.04 Å². The zero-order valence-corrected chi connectivity index (χ0v) is 12.6. The second-order valence-electron chi connectivity index (χ2n) is 5.09. The van der Waals surface area contributed by atoms with Crippen LogP contribution in [-0.4, -0.2) is 31.4 Å². The van der Waals surface area contributed by atoms with Crippen LogP contribution in [0.4, 0.5) is 4.39 Å². The Balaban J connectivity index is 1.93. The zero-order chi connectivity index (χ0) is 15.9. The van der Waals surface area contributed by atoms with Crippen LogP contribution in [0.2, 0.25) is 0 Å². The Morgan fingerprint density at radius 1 is 1.32 bits per heavy atom. The van der Waals surface area contributed by atoms with Gasteiger partial charge in [0.25, 0.3) is 0 Å². The van der Waals surface area contributed by atoms with Gasteiger partial charge in [-0.3, -0.25) is 9.69 Å². The topological polar surface area (TPSA) is 45.5 Å². The average molecular weight is 302 g/mol. The number of nitrogens with one attached hydrogen (secondary N) is 1. The minimum atomic E-state index is -0.353. The summed E-state index contributed by atoms with van der Waals surface area (Å²) in [6.07, 6.45) is 4.39. The largest absolute Gasteiger partial charge is 0.468 e. The normalized spacial score (nSPS) is 12.7. The highest BCUT2D eigenvalue weighted by atomic mass is 19.1. The van der Waals surface area contributed by atoms with Crippen molar-refractivity contribution in [3.8, 4) is 0 Å². The van der Waals surface area contributed by atoms with E-state index < -0.39 is 0 Å². The first-order valence-corrected chi connectivity index (χ1v) is 6.98. The second kappa shape index (κ2) is 7.56. The highest BCUT2D eigenvalue weighted by Gasteiger charge is 2.17. The van der Waals surface area contributed by atoms with Gasteiger partial charge in [0.15, 0.2) is 0 Å². The summed E-state index contributed by atoms with van der Waals surface area (Å²) in [6, 6.07) is 9.93. The van der Waals surface area contributed by atoms with Crippen molar-refractivity contribution in [2.75, 3.05) is 20.6 Å². The lowest BCUT2D eigenvalue weighted by molar-refractivity contribution is -0.116. The van der Waals surface area contributed by atoms with Gasteiger partial charge in [0.2, 0.25) is 5.91 Å². The number of halogens is 1. The molecule has 0 saturated heterocycles. The molecule has 1 N–H and O–H groups in total. The van der Waals surface area contributed by atoms with E-state index in [0.717, 1.165) is 5.76 Å². The third-order valence-electron chi connectivity index (χ3n) is 3.28. The smallest absolute Gasteiger partial charge is 0.244 e. The predicted octanol–water partition coefficient (Wildman–Crippen LogP) is 2.85. The first-order valence-electron chi connectivity index (χ1n) is 6.98. The van der Waals surface area contributed by atoms with Crippen molar-refractivity contribution < 1.29 is 13.6 Å². The van der Waals surface area contributed by atoms with Gasteiger partial charge < -0.3 is 9.73 Å². The van der Waals surface area contributed by atoms with Crippen LogP contribution in [0.5, 0.6) is 0 Å². The van der Waals surface area contributed by atoms with Gasteiger partial charge in [-0.25, -0.2) is 4.39 Å². The maximum absolute atomic E-state index is 13.4. The molecule has 0 aliphatic rings. The minimum Gasteiger partial charge on any atom is -0.468 e. The number of hydrogen-bond acceptors (Lipinski definition) is 3. The first kappa shape index (κ1) is 16.0. The molecule has 1 amide bonds. The van der Waals surface area contributed by atoms with Crippen LogP contribution in [-0.2, 0) is 4.79 Å². The number of carbonyl (C=O) groups excluding carboxylic acids is 1. The van der Waals surface area contributed by atoms with E-state index >= 15 is 0 Å². The van der Waals surface area contributed by atoms with Gasteiger partial charge >= 0.3 is 0 Å². The Kier molecular flexibility index (Phi) is 5.49. The minimum absolute atomic E-state index is 0.0548. The van der Waals surface area contributed by atoms with E-state index in [1.807, 2.05) is 31.1 Å². The molecule has 5 heteroatoms. The second-order valence-corrected chi connectivity index (χ2v) is 5.09. The molecule has 22 heavy (non-hydrogen) atoms. The molecule has 1 aromatic carbocycles. The number of rotatable bonds is 6. The molecule has 0 saturated carbocycles. The van der Waals surface area contributed by atoms with E-state index in [1.54, 1.807) is 24.5 Å². The molecule has 4 nitrogen and oxygen atoms in total. The summed E-state index contributed by atoms with van der Waals surface area (Å²) < 4.78 is 18.8. The van der Waals surface area contributed by atoms with Crippen LogP contribution < -0.4 is 5.32 Å². The van der Waals surface area contributed by atoms with E-state index in [0.29, 0.717) is 12.1 Å². The van der Waals surface area contributed by atoms with Crippen LogP contribution in [0.15, 0.2) is 53.2 Å². The summed E-state index contributed by atoms with van der Waals surface area (Å²) in [7, 11) is 3.82. The Morgan fingerprint density at radius 3 is 2.73 bits per heavy atom. The van der Waals surface area contributed by atoms with Crippen LogP contribution >= 0.6 is 0 Å². The predicted molar refractivity (Wildman–Crippen MR) is 83.6 cm³/mol. The molecule has 0 bridgehead atoms. The van der Waals surface area contributed by atoms with Crippen molar-refractivity contribution in [2.24, 2.45) is 0 Å². The summed E-state index contributed by atoms with van der Waals surface area (Å²) in [4.78, 5) is 13.8. The summed E-state index contributed by atoms with van der Waals surface area (Å²) in [5.74, 6) is 0.151. The van der Waals surface area contributed by atoms with Crippen LogP contribution in [0.3, 0.4) is 0 Å². The molecule has 1 unspecified atom stereocenters. The van der Waals surface area contributed by atoms with E-state index in [9.17, 15) is 9.18 Å². The van der Waals surface area contributed by atoms with Crippen molar-refractivity contribution in [1.29, 1.82) is 0 Å². The first-order chi connectivity index (χ1) is 10.6. The Bertz CT molecular complexity index is 636. The van der Waals surface area contributed by atoms with E-state index in [2.05, 4.69) is 5.32 Å². The standard InChI is InChI=1S/C17H19FN2O2/c1-20(2)15(16-8-5-11-22-16)12-19-17(21)10-9-13-6-3-4-7-14(13)18/h3-11,15H,12H2,1-2H3,(H,19,21)/b10-9+. The third-order valence-corrected chi connectivity index (χ3v) is 3.28. The molecule has 1 heterocycles. The highest BCUT2D eigenvalue weighted by Crippen LogP contribution is 2.17. The quantitative estimate of drug-likeness (QED) is 0.835. The number of amides is 1. The lowest BCUT2D eigenvalue weighted by Crippen LogP contribution is -2.33. The lowest BCUT2D eigenvalue weighted by atomic mass is 10.2. The maximum Gasteiger partial charge on any atom is 0.244 e. The van der Waals surface area contributed by atoms with Gasteiger partial charge in [-0.2, -0.15) is 0 Å². The van der Waals surface area contributed by atoms with Crippen LogP contribution in [0, 0.1) is 5.82 Å². The number of benzene rings is 1. The fourth-order valence-electron chi connectivity index (χ4n) is 2.05. The van der Waals surface area contributed by atoms with Gasteiger partial charge in [-0.15, -0.1) is 0 Å². The number of furan rings is 1. The van der Waals surface area contributed by atoms with E-state index in [4.69, 9.17) is 4.42 Å². The van der Waals surface area contributed by atoms with Gasteiger partial charge in [0, 0.05) is 18.2 Å². The summed E-state index contributed by atoms with van der Waals surface area (Å²) in [6.45, 7) is 0.404. The number of carbonyl (C=O) groups is 1. The number of likely N-dealkylation sites (N-methyl/N-ethyl adjacent to an activating group) is 1. The molecule has 0 aliphatic carbocycles. The Hall–Kier alpha value is -2.40. The number of nitrogens with zero attached hydrogens (tertiary/aromatic N) is 1. The summed E-state index contributed by atoms with van der Waals surface area (Å²) in [5, 5.41) is 2.79. The van der Waals surface area contributed by atoms with Crippen molar-refractivity contribution in [3.05, 3.63) is 65.9 Å². The molecule has 116 valence electrons. The van der Waals surface area contributed by atoms with Gasteiger partial charge in [-0.1, -0.05) is 18.2 Å². The molecule has 0 fully saturated rings. The van der Waals surface area contributed by atoms with Crippen LogP contribution in [0.25, 0.3) is 6.08 Å². The molecular formula is C17H19FN2O2. The Labute approximate surface area is 129 Å². The van der Waals surface area contributed by atoms with Crippen molar-refractivity contribution in [3.63, 3.8) is 0 Å². The van der Waals surface area contributed by atoms with Crippen molar-refractivity contribution in [1.82, 2.24) is 10.2 Å². The van der Waals surface area contributed by atoms with Gasteiger partial charge in [0.05, 0.1) is 12.3 Å².